The van der Waals surface area contributed by atoms with Crippen molar-refractivity contribution in [3.63, 3.8) is 0 Å². The number of ether oxygens (including phenoxy) is 3. The maximum atomic E-state index is 12.7. The number of hydrogen-bond acceptors (Lipinski definition) is 7. The van der Waals surface area contributed by atoms with E-state index in [0.717, 1.165) is 51.3 Å². The predicted octanol–water partition coefficient (Wildman–Crippen LogP) is 3.75. The molecule has 1 amide bonds. The third-order valence-corrected chi connectivity index (χ3v) is 7.90. The second-order valence-corrected chi connectivity index (χ2v) is 10.2. The highest BCUT2D eigenvalue weighted by Crippen LogP contribution is 2.36. The van der Waals surface area contributed by atoms with Crippen LogP contribution in [0.1, 0.15) is 39.0 Å². The number of morpholine rings is 1. The molecule has 1 spiro atoms. The van der Waals surface area contributed by atoms with Crippen molar-refractivity contribution in [2.45, 2.75) is 50.7 Å². The van der Waals surface area contributed by atoms with Gasteiger partial charge in [0.15, 0.2) is 11.6 Å². The van der Waals surface area contributed by atoms with Crippen molar-refractivity contribution in [1.29, 1.82) is 0 Å². The van der Waals surface area contributed by atoms with Crippen LogP contribution in [0.4, 0.5) is 11.5 Å². The van der Waals surface area contributed by atoms with Gasteiger partial charge in [0.25, 0.3) is 5.91 Å². The van der Waals surface area contributed by atoms with Crippen molar-refractivity contribution in [2.75, 3.05) is 62.8 Å². The smallest absolute Gasteiger partial charge is 0.254 e. The number of carbonyl (C=O) groups is 1. The van der Waals surface area contributed by atoms with E-state index in [-0.39, 0.29) is 18.1 Å². The molecule has 3 saturated heterocycles. The summed E-state index contributed by atoms with van der Waals surface area (Å²) in [5.74, 6) is 2.02. The van der Waals surface area contributed by atoms with Crippen LogP contribution < -0.4 is 19.3 Å². The fourth-order valence-corrected chi connectivity index (χ4v) is 5.66. The number of carbonyl (C=O) groups excluding carboxylic acids is 1. The van der Waals surface area contributed by atoms with Crippen LogP contribution in [0.2, 0.25) is 0 Å². The van der Waals surface area contributed by atoms with Gasteiger partial charge in [-0.2, -0.15) is 0 Å². The molecule has 4 heterocycles. The first-order valence-corrected chi connectivity index (χ1v) is 13.2. The lowest BCUT2D eigenvalue weighted by molar-refractivity contribution is -0.141. The molecule has 0 bridgehead atoms. The third-order valence-electron chi connectivity index (χ3n) is 7.90. The van der Waals surface area contributed by atoms with Crippen molar-refractivity contribution in [1.82, 2.24) is 9.88 Å². The molecule has 36 heavy (non-hydrogen) atoms. The lowest BCUT2D eigenvalue weighted by atomic mass is 9.89. The summed E-state index contributed by atoms with van der Waals surface area (Å²) in [5, 5.41) is 0. The van der Waals surface area contributed by atoms with Crippen molar-refractivity contribution in [2.24, 2.45) is 0 Å². The molecular weight excluding hydrogens is 456 g/mol. The van der Waals surface area contributed by atoms with Crippen LogP contribution in [-0.4, -0.2) is 80.5 Å². The largest absolute Gasteiger partial charge is 0.494 e. The van der Waals surface area contributed by atoms with Gasteiger partial charge in [-0.25, -0.2) is 4.98 Å². The highest BCUT2D eigenvalue weighted by molar-refractivity contribution is 5.95. The zero-order chi connectivity index (χ0) is 25.0. The fourth-order valence-electron chi connectivity index (χ4n) is 5.66. The molecule has 194 valence electrons. The zero-order valence-electron chi connectivity index (χ0n) is 21.5. The van der Waals surface area contributed by atoms with Gasteiger partial charge in [-0.1, -0.05) is 0 Å². The molecule has 2 aromatic rings. The first-order valence-electron chi connectivity index (χ1n) is 13.2. The number of piperidine rings is 1. The Bertz CT molecular complexity index is 1020. The molecule has 0 aliphatic carbocycles. The summed E-state index contributed by atoms with van der Waals surface area (Å²) in [6.45, 7) is 7.73. The highest BCUT2D eigenvalue weighted by atomic mass is 16.5. The minimum atomic E-state index is -0.358. The Morgan fingerprint density at radius 3 is 2.67 bits per heavy atom. The number of anilines is 2. The molecule has 0 N–H and O–H groups in total. The van der Waals surface area contributed by atoms with E-state index >= 15 is 0 Å². The molecule has 3 aliphatic heterocycles. The summed E-state index contributed by atoms with van der Waals surface area (Å²) < 4.78 is 17.6. The monoisotopic (exact) mass is 494 g/mol. The SMILES string of the molecule is COc1cccnc1N1CC2(CCN(c3ccc(OCCCN4CCC[C@H]4C)cc3)CC2)OCC1=O. The Hall–Kier alpha value is -2.84. The molecule has 0 saturated carbocycles. The summed E-state index contributed by atoms with van der Waals surface area (Å²) in [6.07, 6.45) is 7.09. The van der Waals surface area contributed by atoms with E-state index in [1.54, 1.807) is 18.2 Å². The number of nitrogens with zero attached hydrogens (tertiary/aromatic N) is 4. The first kappa shape index (κ1) is 24.8. The van der Waals surface area contributed by atoms with E-state index in [9.17, 15) is 4.79 Å². The van der Waals surface area contributed by atoms with E-state index in [0.29, 0.717) is 24.2 Å². The van der Waals surface area contributed by atoms with Gasteiger partial charge in [-0.3, -0.25) is 9.69 Å². The average Bonchev–Trinajstić information content (AvgIpc) is 3.33. The van der Waals surface area contributed by atoms with Crippen LogP contribution in [0.3, 0.4) is 0 Å². The van der Waals surface area contributed by atoms with E-state index in [1.165, 1.54) is 25.1 Å². The lowest BCUT2D eigenvalue weighted by Crippen LogP contribution is -2.59. The van der Waals surface area contributed by atoms with Crippen LogP contribution in [0, 0.1) is 0 Å². The number of benzene rings is 1. The quantitative estimate of drug-likeness (QED) is 0.518. The van der Waals surface area contributed by atoms with Crippen LogP contribution in [-0.2, 0) is 9.53 Å². The fraction of sp³-hybridized carbons (Fsp3) is 0.571. The van der Waals surface area contributed by atoms with Crippen LogP contribution in [0.25, 0.3) is 0 Å². The molecule has 8 nitrogen and oxygen atoms in total. The third kappa shape index (κ3) is 5.44. The molecule has 1 aromatic carbocycles. The number of pyridine rings is 1. The maximum Gasteiger partial charge on any atom is 0.254 e. The zero-order valence-corrected chi connectivity index (χ0v) is 21.5. The number of hydrogen-bond donors (Lipinski definition) is 0. The summed E-state index contributed by atoms with van der Waals surface area (Å²) >= 11 is 0. The Labute approximate surface area is 214 Å². The molecule has 1 aromatic heterocycles. The summed E-state index contributed by atoms with van der Waals surface area (Å²) in [6, 6.07) is 12.8. The summed E-state index contributed by atoms with van der Waals surface area (Å²) in [4.78, 5) is 23.8. The number of aromatic nitrogens is 1. The van der Waals surface area contributed by atoms with Crippen LogP contribution in [0.5, 0.6) is 11.5 Å². The topological polar surface area (TPSA) is 67.4 Å². The molecule has 1 atom stereocenters. The second kappa shape index (κ2) is 11.0. The standard InChI is InChI=1S/C28H38N4O4/c1-22-6-4-15-30(22)16-5-19-35-24-10-8-23(9-11-24)31-17-12-28(13-18-31)21-32(26(33)20-36-28)27-25(34-2)7-3-14-29-27/h3,7-11,14,22H,4-6,12-13,15-21H2,1-2H3/t22-/m1/s1. The molecule has 3 fully saturated rings. The summed E-state index contributed by atoms with van der Waals surface area (Å²) in [7, 11) is 1.60. The first-order chi connectivity index (χ1) is 17.6. The molecule has 0 unspecified atom stereocenters. The van der Waals surface area contributed by atoms with E-state index in [4.69, 9.17) is 14.2 Å². The normalized spacial score (nSPS) is 22.3. The summed E-state index contributed by atoms with van der Waals surface area (Å²) in [5.41, 5.74) is 0.835. The Morgan fingerprint density at radius 2 is 1.94 bits per heavy atom. The number of methoxy groups -OCH3 is 1. The van der Waals surface area contributed by atoms with E-state index in [2.05, 4.69) is 46.0 Å². The van der Waals surface area contributed by atoms with Crippen LogP contribution >= 0.6 is 0 Å². The van der Waals surface area contributed by atoms with Crippen molar-refractivity contribution in [3.8, 4) is 11.5 Å². The Morgan fingerprint density at radius 1 is 1.14 bits per heavy atom. The maximum absolute atomic E-state index is 12.7. The van der Waals surface area contributed by atoms with Gasteiger partial charge in [-0.15, -0.1) is 0 Å². The minimum absolute atomic E-state index is 0.0719. The van der Waals surface area contributed by atoms with E-state index < -0.39 is 0 Å². The molecule has 0 radical (unpaired) electrons. The van der Waals surface area contributed by atoms with Gasteiger partial charge >= 0.3 is 0 Å². The molecule has 8 heteroatoms. The lowest BCUT2D eigenvalue weighted by Gasteiger charge is -2.47. The molecular formula is C28H38N4O4. The van der Waals surface area contributed by atoms with Gasteiger partial charge in [0.1, 0.15) is 12.4 Å². The molecule has 3 aliphatic rings. The highest BCUT2D eigenvalue weighted by Gasteiger charge is 2.43. The van der Waals surface area contributed by atoms with Gasteiger partial charge < -0.3 is 24.0 Å². The molecule has 5 rings (SSSR count). The Balaban J connectivity index is 1.12. The second-order valence-electron chi connectivity index (χ2n) is 10.2. The minimum Gasteiger partial charge on any atom is -0.494 e. The van der Waals surface area contributed by atoms with Crippen molar-refractivity contribution in [3.05, 3.63) is 42.6 Å². The number of rotatable bonds is 8. The van der Waals surface area contributed by atoms with E-state index in [1.807, 2.05) is 12.1 Å². The number of amides is 1. The predicted molar refractivity (Wildman–Crippen MR) is 140 cm³/mol. The van der Waals surface area contributed by atoms with Crippen molar-refractivity contribution >= 4 is 17.4 Å². The van der Waals surface area contributed by atoms with Gasteiger partial charge in [0.05, 0.1) is 25.9 Å². The van der Waals surface area contributed by atoms with Gasteiger partial charge in [-0.05, 0) is 82.0 Å². The Kier molecular flexibility index (Phi) is 7.62. The van der Waals surface area contributed by atoms with Crippen molar-refractivity contribution < 1.29 is 19.0 Å². The van der Waals surface area contributed by atoms with Gasteiger partial charge in [0, 0.05) is 37.6 Å². The van der Waals surface area contributed by atoms with Gasteiger partial charge in [0.2, 0.25) is 0 Å². The van der Waals surface area contributed by atoms with Crippen LogP contribution in [0.15, 0.2) is 42.6 Å². The average molecular weight is 495 g/mol. The number of likely N-dealkylation sites (tertiary alicyclic amines) is 1.